The van der Waals surface area contributed by atoms with Crippen LogP contribution in [0.15, 0.2) is 35.2 Å². The molecule has 0 saturated carbocycles. The third-order valence-electron chi connectivity index (χ3n) is 2.78. The van der Waals surface area contributed by atoms with Crippen LogP contribution in [0, 0.1) is 0 Å². The topological polar surface area (TPSA) is 51.8 Å². The van der Waals surface area contributed by atoms with E-state index in [4.69, 9.17) is 5.73 Å². The number of nitrogens with zero attached hydrogens (tertiary/aromatic N) is 2. The Morgan fingerprint density at radius 1 is 1.16 bits per heavy atom. The van der Waals surface area contributed by atoms with E-state index in [1.165, 1.54) is 4.90 Å². The zero-order valence-electron chi connectivity index (χ0n) is 11.6. The molecule has 0 saturated heterocycles. The van der Waals surface area contributed by atoms with Gasteiger partial charge in [-0.1, -0.05) is 32.9 Å². The van der Waals surface area contributed by atoms with Crippen LogP contribution < -0.4 is 5.73 Å². The van der Waals surface area contributed by atoms with E-state index in [2.05, 4.69) is 55.0 Å². The van der Waals surface area contributed by atoms with Gasteiger partial charge in [-0.05, 0) is 23.8 Å². The number of nitrogens with two attached hydrogens (primary N) is 1. The Labute approximate surface area is 118 Å². The van der Waals surface area contributed by atoms with Gasteiger partial charge < -0.3 is 5.73 Å². The zero-order valence-corrected chi connectivity index (χ0v) is 12.4. The molecule has 4 heteroatoms. The van der Waals surface area contributed by atoms with Gasteiger partial charge in [0.05, 0.1) is 0 Å². The highest BCUT2D eigenvalue weighted by Crippen LogP contribution is 2.24. The number of benzene rings is 1. The van der Waals surface area contributed by atoms with Crippen molar-refractivity contribution in [1.29, 1.82) is 0 Å². The van der Waals surface area contributed by atoms with Crippen LogP contribution in [-0.2, 0) is 0 Å². The maximum absolute atomic E-state index is 5.86. The first-order valence-electron chi connectivity index (χ1n) is 6.48. The van der Waals surface area contributed by atoms with Gasteiger partial charge in [0.1, 0.15) is 5.82 Å². The molecule has 0 spiro atoms. The van der Waals surface area contributed by atoms with Crippen LogP contribution in [0.2, 0.25) is 0 Å². The minimum Gasteiger partial charge on any atom is -0.384 e. The molecule has 3 nitrogen and oxygen atoms in total. The fourth-order valence-electron chi connectivity index (χ4n) is 1.78. The lowest BCUT2D eigenvalue weighted by atomic mass is 10.1. The highest BCUT2D eigenvalue weighted by Gasteiger charge is 2.08. The fourth-order valence-corrected chi connectivity index (χ4v) is 2.44. The monoisotopic (exact) mass is 273 g/mol. The molecule has 1 aromatic heterocycles. The smallest absolute Gasteiger partial charge is 0.161 e. The Morgan fingerprint density at radius 3 is 2.42 bits per heavy atom. The largest absolute Gasteiger partial charge is 0.384 e. The molecule has 19 heavy (non-hydrogen) atoms. The Hall–Kier alpha value is -1.55. The molecule has 0 amide bonds. The summed E-state index contributed by atoms with van der Waals surface area (Å²) >= 11 is 1.82. The van der Waals surface area contributed by atoms with Crippen molar-refractivity contribution >= 4 is 17.6 Å². The van der Waals surface area contributed by atoms with E-state index >= 15 is 0 Å². The highest BCUT2D eigenvalue weighted by molar-refractivity contribution is 7.99. The number of anilines is 1. The van der Waals surface area contributed by atoms with Crippen molar-refractivity contribution < 1.29 is 0 Å². The minimum absolute atomic E-state index is 0.346. The molecule has 1 aromatic carbocycles. The van der Waals surface area contributed by atoms with Crippen LogP contribution in [0.1, 0.15) is 32.4 Å². The van der Waals surface area contributed by atoms with Crippen LogP contribution in [0.25, 0.3) is 11.4 Å². The van der Waals surface area contributed by atoms with Crippen LogP contribution in [0.5, 0.6) is 0 Å². The summed E-state index contributed by atoms with van der Waals surface area (Å²) in [7, 11) is 0. The van der Waals surface area contributed by atoms with Crippen LogP contribution in [0.4, 0.5) is 5.82 Å². The van der Waals surface area contributed by atoms with Gasteiger partial charge in [-0.2, -0.15) is 0 Å². The van der Waals surface area contributed by atoms with Crippen molar-refractivity contribution in [2.24, 2.45) is 0 Å². The molecule has 0 atom stereocenters. The lowest BCUT2D eigenvalue weighted by molar-refractivity contribution is 0.818. The summed E-state index contributed by atoms with van der Waals surface area (Å²) in [5.41, 5.74) is 7.85. The second-order valence-electron chi connectivity index (χ2n) is 4.65. The molecule has 2 rings (SSSR count). The van der Waals surface area contributed by atoms with Gasteiger partial charge >= 0.3 is 0 Å². The Balaban J connectivity index is 2.35. The quantitative estimate of drug-likeness (QED) is 0.857. The maximum Gasteiger partial charge on any atom is 0.161 e. The maximum atomic E-state index is 5.86. The second-order valence-corrected chi connectivity index (χ2v) is 5.99. The molecule has 0 unspecified atom stereocenters. The third-order valence-corrected chi connectivity index (χ3v) is 3.67. The van der Waals surface area contributed by atoms with Crippen LogP contribution in [-0.4, -0.2) is 15.7 Å². The van der Waals surface area contributed by atoms with Gasteiger partial charge in [0.2, 0.25) is 0 Å². The first kappa shape index (κ1) is 13.9. The van der Waals surface area contributed by atoms with Crippen LogP contribution in [0.3, 0.4) is 0 Å². The van der Waals surface area contributed by atoms with E-state index < -0.39 is 0 Å². The molecule has 0 fully saturated rings. The molecular formula is C15H19N3S. The minimum atomic E-state index is 0.346. The lowest BCUT2D eigenvalue weighted by Gasteiger charge is -2.08. The van der Waals surface area contributed by atoms with Crippen LogP contribution >= 0.6 is 11.8 Å². The number of aromatic nitrogens is 2. The summed E-state index contributed by atoms with van der Waals surface area (Å²) in [6, 6.07) is 10.2. The Bertz CT molecular complexity index is 550. The normalized spacial score (nSPS) is 10.9. The van der Waals surface area contributed by atoms with E-state index in [-0.39, 0.29) is 0 Å². The average molecular weight is 273 g/mol. The fraction of sp³-hybridized carbons (Fsp3) is 0.333. The number of rotatable bonds is 4. The van der Waals surface area contributed by atoms with Crippen molar-refractivity contribution in [3.8, 4) is 11.4 Å². The molecule has 0 aliphatic rings. The number of hydrogen-bond donors (Lipinski definition) is 1. The summed E-state index contributed by atoms with van der Waals surface area (Å²) in [5, 5.41) is 0. The first-order chi connectivity index (χ1) is 9.10. The van der Waals surface area contributed by atoms with E-state index in [0.717, 1.165) is 17.0 Å². The molecule has 0 aliphatic carbocycles. The SMILES string of the molecule is CCSc1ccc(-c2nc(N)cc(C(C)C)n2)cc1. The second kappa shape index (κ2) is 6.06. The van der Waals surface area contributed by atoms with Gasteiger partial charge in [-0.3, -0.25) is 0 Å². The van der Waals surface area contributed by atoms with E-state index in [1.807, 2.05) is 17.8 Å². The Morgan fingerprint density at radius 2 is 1.84 bits per heavy atom. The van der Waals surface area contributed by atoms with Gasteiger partial charge in [0.25, 0.3) is 0 Å². The third kappa shape index (κ3) is 3.47. The predicted molar refractivity (Wildman–Crippen MR) is 82.4 cm³/mol. The molecule has 2 N–H and O–H groups in total. The molecule has 0 aliphatic heterocycles. The first-order valence-corrected chi connectivity index (χ1v) is 7.46. The molecule has 100 valence electrons. The summed E-state index contributed by atoms with van der Waals surface area (Å²) in [6.07, 6.45) is 0. The molecule has 0 radical (unpaired) electrons. The number of thioether (sulfide) groups is 1. The summed E-state index contributed by atoms with van der Waals surface area (Å²) < 4.78 is 0. The Kier molecular flexibility index (Phi) is 4.43. The van der Waals surface area contributed by atoms with Crippen molar-refractivity contribution in [1.82, 2.24) is 9.97 Å². The number of hydrogen-bond acceptors (Lipinski definition) is 4. The highest BCUT2D eigenvalue weighted by atomic mass is 32.2. The van der Waals surface area contributed by atoms with E-state index in [9.17, 15) is 0 Å². The molecular weight excluding hydrogens is 254 g/mol. The summed E-state index contributed by atoms with van der Waals surface area (Å²) in [6.45, 7) is 6.35. The van der Waals surface area contributed by atoms with E-state index in [1.54, 1.807) is 0 Å². The number of nitrogen functional groups attached to an aromatic ring is 1. The molecule has 0 bridgehead atoms. The summed E-state index contributed by atoms with van der Waals surface area (Å²) in [4.78, 5) is 10.2. The molecule has 1 heterocycles. The van der Waals surface area contributed by atoms with Gasteiger partial charge in [-0.25, -0.2) is 9.97 Å². The van der Waals surface area contributed by atoms with Crippen molar-refractivity contribution in [3.05, 3.63) is 36.0 Å². The van der Waals surface area contributed by atoms with Crippen molar-refractivity contribution in [3.63, 3.8) is 0 Å². The summed E-state index contributed by atoms with van der Waals surface area (Å²) in [5.74, 6) is 2.66. The average Bonchev–Trinajstić information content (AvgIpc) is 2.39. The zero-order chi connectivity index (χ0) is 13.8. The standard InChI is InChI=1S/C15H19N3S/c1-4-19-12-7-5-11(6-8-12)15-17-13(10(2)3)9-14(16)18-15/h5-10H,4H2,1-3H3,(H2,16,17,18). The van der Waals surface area contributed by atoms with Crippen molar-refractivity contribution in [2.45, 2.75) is 31.6 Å². The van der Waals surface area contributed by atoms with Gasteiger partial charge in [0, 0.05) is 22.2 Å². The predicted octanol–water partition coefficient (Wildman–Crippen LogP) is 3.96. The van der Waals surface area contributed by atoms with E-state index in [0.29, 0.717) is 17.6 Å². The molecule has 2 aromatic rings. The van der Waals surface area contributed by atoms with Gasteiger partial charge in [-0.15, -0.1) is 11.8 Å². The van der Waals surface area contributed by atoms with Crippen molar-refractivity contribution in [2.75, 3.05) is 11.5 Å². The van der Waals surface area contributed by atoms with Gasteiger partial charge in [0.15, 0.2) is 5.82 Å². The lowest BCUT2D eigenvalue weighted by Crippen LogP contribution is -2.01.